The number of benzene rings is 1. The highest BCUT2D eigenvalue weighted by Gasteiger charge is 2.06. The highest BCUT2D eigenvalue weighted by Crippen LogP contribution is 2.23. The fourth-order valence-corrected chi connectivity index (χ4v) is 1.17. The number of carbonyl (C=O) groups excluding carboxylic acids is 2. The highest BCUT2D eigenvalue weighted by atomic mass is 16.5. The molecule has 1 N–H and O–H groups in total. The van der Waals surface area contributed by atoms with E-state index in [1.807, 2.05) is 0 Å². The first-order chi connectivity index (χ1) is 7.51. The van der Waals surface area contributed by atoms with Gasteiger partial charge in [0.2, 0.25) is 0 Å². The molecule has 1 rings (SSSR count). The van der Waals surface area contributed by atoms with Gasteiger partial charge < -0.3 is 14.6 Å². The first-order valence-corrected chi connectivity index (χ1v) is 4.63. The molecule has 5 heteroatoms. The Labute approximate surface area is 92.6 Å². The molecule has 1 aromatic rings. The van der Waals surface area contributed by atoms with Gasteiger partial charge in [-0.15, -0.1) is 0 Å². The van der Waals surface area contributed by atoms with Gasteiger partial charge in [0, 0.05) is 19.9 Å². The molecule has 0 aliphatic rings. The van der Waals surface area contributed by atoms with Crippen LogP contribution in [0.2, 0.25) is 0 Å². The van der Waals surface area contributed by atoms with Crippen LogP contribution >= 0.6 is 0 Å². The van der Waals surface area contributed by atoms with Gasteiger partial charge in [0.15, 0.2) is 0 Å². The third-order valence-electron chi connectivity index (χ3n) is 1.65. The molecular weight excluding hydrogens is 212 g/mol. The molecule has 0 spiro atoms. The Morgan fingerprint density at radius 3 is 1.81 bits per heavy atom. The second-order valence-electron chi connectivity index (χ2n) is 3.16. The van der Waals surface area contributed by atoms with Crippen LogP contribution in [0.15, 0.2) is 18.2 Å². The maximum absolute atomic E-state index is 10.8. The Balaban J connectivity index is 3.00. The predicted molar refractivity (Wildman–Crippen MR) is 55.0 cm³/mol. The van der Waals surface area contributed by atoms with Gasteiger partial charge in [-0.3, -0.25) is 9.59 Å². The number of carbonyl (C=O) groups is 2. The van der Waals surface area contributed by atoms with Crippen LogP contribution in [0.4, 0.5) is 0 Å². The molecule has 0 saturated heterocycles. The summed E-state index contributed by atoms with van der Waals surface area (Å²) in [6.45, 7) is 2.29. The van der Waals surface area contributed by atoms with E-state index in [4.69, 9.17) is 14.6 Å². The lowest BCUT2D eigenvalue weighted by Crippen LogP contribution is -2.05. The maximum Gasteiger partial charge on any atom is 0.308 e. The van der Waals surface area contributed by atoms with Gasteiger partial charge in [0.1, 0.15) is 11.5 Å². The summed E-state index contributed by atoms with van der Waals surface area (Å²) >= 11 is 0. The zero-order valence-electron chi connectivity index (χ0n) is 9.02. The van der Waals surface area contributed by atoms with Crippen molar-refractivity contribution in [2.24, 2.45) is 0 Å². The maximum atomic E-state index is 10.8. The van der Waals surface area contributed by atoms with Crippen molar-refractivity contribution in [1.29, 1.82) is 0 Å². The van der Waals surface area contributed by atoms with Crippen molar-refractivity contribution in [2.75, 3.05) is 0 Å². The zero-order valence-corrected chi connectivity index (χ0v) is 9.02. The number of rotatable bonds is 3. The standard InChI is InChI=1S/C11H12O5/c1-7(13)15-10-3-9(6-12)4-11(5-10)16-8(2)14/h3-5,12H,6H2,1-2H3. The number of hydrogen-bond donors (Lipinski definition) is 1. The lowest BCUT2D eigenvalue weighted by atomic mass is 10.2. The average molecular weight is 224 g/mol. The van der Waals surface area contributed by atoms with Crippen molar-refractivity contribution in [3.05, 3.63) is 23.8 Å². The van der Waals surface area contributed by atoms with E-state index in [9.17, 15) is 9.59 Å². The Kier molecular flexibility index (Phi) is 4.02. The average Bonchev–Trinajstić information content (AvgIpc) is 2.14. The van der Waals surface area contributed by atoms with Crippen molar-refractivity contribution >= 4 is 11.9 Å². The van der Waals surface area contributed by atoms with Crippen molar-refractivity contribution in [2.45, 2.75) is 20.5 Å². The zero-order chi connectivity index (χ0) is 12.1. The van der Waals surface area contributed by atoms with Gasteiger partial charge in [0.05, 0.1) is 6.61 Å². The predicted octanol–water partition coefficient (Wildman–Crippen LogP) is 1.03. The third-order valence-corrected chi connectivity index (χ3v) is 1.65. The molecule has 0 amide bonds. The van der Waals surface area contributed by atoms with Crippen LogP contribution in [0, 0.1) is 0 Å². The van der Waals surface area contributed by atoms with Gasteiger partial charge in [-0.25, -0.2) is 0 Å². The van der Waals surface area contributed by atoms with E-state index in [-0.39, 0.29) is 18.1 Å². The molecule has 86 valence electrons. The summed E-state index contributed by atoms with van der Waals surface area (Å²) in [4.78, 5) is 21.5. The van der Waals surface area contributed by atoms with Gasteiger partial charge >= 0.3 is 11.9 Å². The smallest absolute Gasteiger partial charge is 0.308 e. The van der Waals surface area contributed by atoms with Gasteiger partial charge in [-0.2, -0.15) is 0 Å². The van der Waals surface area contributed by atoms with Crippen molar-refractivity contribution < 1.29 is 24.2 Å². The number of ether oxygens (including phenoxy) is 2. The summed E-state index contributed by atoms with van der Waals surface area (Å²) in [5, 5.41) is 8.97. The van der Waals surface area contributed by atoms with Crippen LogP contribution in [-0.2, 0) is 16.2 Å². The normalized spacial score (nSPS) is 9.69. The fourth-order valence-electron chi connectivity index (χ4n) is 1.17. The second-order valence-corrected chi connectivity index (χ2v) is 3.16. The fraction of sp³-hybridized carbons (Fsp3) is 0.273. The number of hydrogen-bond acceptors (Lipinski definition) is 5. The van der Waals surface area contributed by atoms with Crippen LogP contribution in [-0.4, -0.2) is 17.0 Å². The summed E-state index contributed by atoms with van der Waals surface area (Å²) in [5.74, 6) is -0.502. The lowest BCUT2D eigenvalue weighted by Gasteiger charge is -2.07. The summed E-state index contributed by atoms with van der Waals surface area (Å²) < 4.78 is 9.68. The van der Waals surface area contributed by atoms with E-state index in [1.165, 1.54) is 32.0 Å². The Morgan fingerprint density at radius 2 is 1.50 bits per heavy atom. The first-order valence-electron chi connectivity index (χ1n) is 4.63. The highest BCUT2D eigenvalue weighted by molar-refractivity contribution is 5.71. The Bertz CT molecular complexity index is 377. The van der Waals surface area contributed by atoms with Gasteiger partial charge in [0.25, 0.3) is 0 Å². The molecule has 0 aliphatic carbocycles. The van der Waals surface area contributed by atoms with Gasteiger partial charge in [-0.05, 0) is 17.7 Å². The molecule has 5 nitrogen and oxygen atoms in total. The summed E-state index contributed by atoms with van der Waals surface area (Å²) in [7, 11) is 0. The molecule has 0 aromatic heterocycles. The topological polar surface area (TPSA) is 72.8 Å². The second kappa shape index (κ2) is 5.27. The molecule has 1 aromatic carbocycles. The molecule has 0 bridgehead atoms. The van der Waals surface area contributed by atoms with Crippen LogP contribution in [0.5, 0.6) is 11.5 Å². The molecular formula is C11H12O5. The van der Waals surface area contributed by atoms with Crippen LogP contribution in [0.3, 0.4) is 0 Å². The molecule has 0 atom stereocenters. The van der Waals surface area contributed by atoms with E-state index in [0.29, 0.717) is 5.56 Å². The summed E-state index contributed by atoms with van der Waals surface area (Å²) in [5.41, 5.74) is 0.495. The molecule has 0 saturated carbocycles. The van der Waals surface area contributed by atoms with Crippen LogP contribution < -0.4 is 9.47 Å². The SMILES string of the molecule is CC(=O)Oc1cc(CO)cc(OC(C)=O)c1. The van der Waals surface area contributed by atoms with E-state index in [0.717, 1.165) is 0 Å². The third kappa shape index (κ3) is 3.70. The van der Waals surface area contributed by atoms with E-state index in [1.54, 1.807) is 0 Å². The van der Waals surface area contributed by atoms with Crippen LogP contribution in [0.25, 0.3) is 0 Å². The molecule has 0 heterocycles. The number of aliphatic hydroxyl groups is 1. The van der Waals surface area contributed by atoms with E-state index in [2.05, 4.69) is 0 Å². The summed E-state index contributed by atoms with van der Waals surface area (Å²) in [6, 6.07) is 4.39. The molecule has 0 aliphatic heterocycles. The van der Waals surface area contributed by atoms with E-state index >= 15 is 0 Å². The largest absolute Gasteiger partial charge is 0.427 e. The van der Waals surface area contributed by atoms with E-state index < -0.39 is 11.9 Å². The molecule has 0 unspecified atom stereocenters. The summed E-state index contributed by atoms with van der Waals surface area (Å²) in [6.07, 6.45) is 0. The van der Waals surface area contributed by atoms with Crippen molar-refractivity contribution in [1.82, 2.24) is 0 Å². The van der Waals surface area contributed by atoms with Crippen molar-refractivity contribution in [3.8, 4) is 11.5 Å². The Hall–Kier alpha value is -1.88. The number of aliphatic hydroxyl groups excluding tert-OH is 1. The van der Waals surface area contributed by atoms with Crippen molar-refractivity contribution in [3.63, 3.8) is 0 Å². The minimum absolute atomic E-state index is 0.232. The van der Waals surface area contributed by atoms with Crippen LogP contribution in [0.1, 0.15) is 19.4 Å². The number of esters is 2. The minimum atomic E-state index is -0.483. The quantitative estimate of drug-likeness (QED) is 0.613. The molecule has 16 heavy (non-hydrogen) atoms. The van der Waals surface area contributed by atoms with Gasteiger partial charge in [-0.1, -0.05) is 0 Å². The molecule has 0 radical (unpaired) electrons. The minimum Gasteiger partial charge on any atom is -0.427 e. The lowest BCUT2D eigenvalue weighted by molar-refractivity contribution is -0.132. The monoisotopic (exact) mass is 224 g/mol. The Morgan fingerprint density at radius 1 is 1.06 bits per heavy atom. The molecule has 0 fully saturated rings. The first kappa shape index (κ1) is 12.2.